The molecule has 3 nitrogen and oxygen atoms in total. The Bertz CT molecular complexity index is 417. The van der Waals surface area contributed by atoms with Crippen LogP contribution in [0.25, 0.3) is 0 Å². The molecule has 3 atom stereocenters. The number of carbonyl (C=O) groups excluding carboxylic acids is 1. The molecule has 2 aliphatic carbocycles. The van der Waals surface area contributed by atoms with Gasteiger partial charge in [-0.15, -0.1) is 0 Å². The van der Waals surface area contributed by atoms with Crippen LogP contribution in [0.15, 0.2) is 11.6 Å². The molecule has 0 radical (unpaired) electrons. The van der Waals surface area contributed by atoms with E-state index in [0.717, 1.165) is 5.92 Å². The zero-order valence-electron chi connectivity index (χ0n) is 11.4. The lowest BCUT2D eigenvalue weighted by Crippen LogP contribution is -2.30. The summed E-state index contributed by atoms with van der Waals surface area (Å²) in [5.41, 5.74) is 0.389. The van der Waals surface area contributed by atoms with Gasteiger partial charge in [-0.2, -0.15) is 5.26 Å². The Kier molecular flexibility index (Phi) is 3.47. The van der Waals surface area contributed by atoms with Gasteiger partial charge < -0.3 is 4.74 Å². The van der Waals surface area contributed by atoms with Crippen LogP contribution < -0.4 is 0 Å². The van der Waals surface area contributed by atoms with E-state index in [0.29, 0.717) is 18.4 Å². The van der Waals surface area contributed by atoms with Crippen molar-refractivity contribution in [3.05, 3.63) is 11.6 Å². The normalized spacial score (nSPS) is 33.2. The van der Waals surface area contributed by atoms with Crippen molar-refractivity contribution >= 4 is 5.97 Å². The maximum Gasteiger partial charge on any atom is 0.348 e. The number of esters is 1. The molecule has 3 unspecified atom stereocenters. The van der Waals surface area contributed by atoms with E-state index in [1.807, 2.05) is 12.1 Å². The van der Waals surface area contributed by atoms with Crippen molar-refractivity contribution in [3.63, 3.8) is 0 Å². The first-order chi connectivity index (χ1) is 8.50. The van der Waals surface area contributed by atoms with Crippen LogP contribution >= 0.6 is 0 Å². The van der Waals surface area contributed by atoms with E-state index < -0.39 is 5.97 Å². The minimum absolute atomic E-state index is 0.183. The summed E-state index contributed by atoms with van der Waals surface area (Å²) in [5, 5.41) is 9.10. The zero-order chi connectivity index (χ0) is 13.3. The lowest BCUT2D eigenvalue weighted by molar-refractivity contribution is -0.138. The fraction of sp³-hybridized carbons (Fsp3) is 0.733. The molecule has 0 N–H and O–H groups in total. The highest BCUT2D eigenvalue weighted by atomic mass is 16.5. The first-order valence-electron chi connectivity index (χ1n) is 6.79. The number of rotatable bonds is 3. The summed E-state index contributed by atoms with van der Waals surface area (Å²) >= 11 is 0. The zero-order valence-corrected chi connectivity index (χ0v) is 11.4. The molecule has 0 saturated heterocycles. The van der Waals surface area contributed by atoms with Crippen LogP contribution in [0.4, 0.5) is 0 Å². The van der Waals surface area contributed by atoms with Gasteiger partial charge in [0.25, 0.3) is 0 Å². The van der Waals surface area contributed by atoms with Gasteiger partial charge in [-0.3, -0.25) is 0 Å². The van der Waals surface area contributed by atoms with Gasteiger partial charge >= 0.3 is 5.97 Å². The molecule has 0 spiro atoms. The van der Waals surface area contributed by atoms with Crippen LogP contribution in [0.2, 0.25) is 0 Å². The lowest BCUT2D eigenvalue weighted by atomic mass is 9.68. The Morgan fingerprint density at radius 3 is 2.72 bits per heavy atom. The summed E-state index contributed by atoms with van der Waals surface area (Å²) in [4.78, 5) is 11.7. The second kappa shape index (κ2) is 4.76. The monoisotopic (exact) mass is 247 g/mol. The second-order valence-corrected chi connectivity index (χ2v) is 6.03. The molecule has 2 aliphatic rings. The maximum absolute atomic E-state index is 11.7. The molecule has 3 heteroatoms. The maximum atomic E-state index is 11.7. The third-order valence-corrected chi connectivity index (χ3v) is 4.85. The van der Waals surface area contributed by atoms with Crippen molar-refractivity contribution in [2.45, 2.75) is 40.0 Å². The van der Waals surface area contributed by atoms with Gasteiger partial charge in [-0.05, 0) is 49.4 Å². The number of fused-ring (bicyclic) bond motifs is 2. The number of nitrogens with zero attached hydrogens (tertiary/aromatic N) is 1. The Morgan fingerprint density at radius 1 is 1.50 bits per heavy atom. The molecule has 2 saturated carbocycles. The van der Waals surface area contributed by atoms with E-state index in [1.54, 1.807) is 6.92 Å². The first kappa shape index (κ1) is 13.1. The third kappa shape index (κ3) is 2.05. The van der Waals surface area contributed by atoms with Crippen LogP contribution in [0, 0.1) is 34.5 Å². The summed E-state index contributed by atoms with van der Waals surface area (Å²) in [6, 6.07) is 2.00. The van der Waals surface area contributed by atoms with Gasteiger partial charge in [-0.25, -0.2) is 4.79 Å². The van der Waals surface area contributed by atoms with Gasteiger partial charge in [-0.1, -0.05) is 19.9 Å². The van der Waals surface area contributed by atoms with Crippen molar-refractivity contribution in [2.75, 3.05) is 6.61 Å². The van der Waals surface area contributed by atoms with Gasteiger partial charge in [0.15, 0.2) is 0 Å². The fourth-order valence-electron chi connectivity index (χ4n) is 3.79. The summed E-state index contributed by atoms with van der Waals surface area (Å²) < 4.78 is 4.92. The quantitative estimate of drug-likeness (QED) is 0.437. The molecule has 0 aromatic carbocycles. The van der Waals surface area contributed by atoms with E-state index in [4.69, 9.17) is 10.00 Å². The average molecular weight is 247 g/mol. The van der Waals surface area contributed by atoms with Crippen LogP contribution in [0.3, 0.4) is 0 Å². The molecule has 2 fully saturated rings. The molecule has 0 amide bonds. The van der Waals surface area contributed by atoms with E-state index in [1.165, 1.54) is 19.3 Å². The van der Waals surface area contributed by atoms with Crippen LogP contribution in [0.1, 0.15) is 40.0 Å². The van der Waals surface area contributed by atoms with Crippen molar-refractivity contribution in [1.29, 1.82) is 5.26 Å². The van der Waals surface area contributed by atoms with E-state index in [9.17, 15) is 4.79 Å². The molecule has 2 bridgehead atoms. The minimum atomic E-state index is -0.474. The van der Waals surface area contributed by atoms with Gasteiger partial charge in [0.05, 0.1) is 6.61 Å². The Balaban J connectivity index is 2.21. The van der Waals surface area contributed by atoms with Crippen LogP contribution in [-0.2, 0) is 9.53 Å². The number of carbonyl (C=O) groups is 1. The molecule has 0 heterocycles. The van der Waals surface area contributed by atoms with Crippen molar-refractivity contribution in [1.82, 2.24) is 0 Å². The lowest BCUT2D eigenvalue weighted by Gasteiger charge is -2.36. The van der Waals surface area contributed by atoms with Gasteiger partial charge in [0.1, 0.15) is 11.6 Å². The third-order valence-electron chi connectivity index (χ3n) is 4.85. The fourth-order valence-corrected chi connectivity index (χ4v) is 3.79. The second-order valence-electron chi connectivity index (χ2n) is 6.03. The number of ether oxygens (including phenoxy) is 1. The molecule has 2 rings (SSSR count). The van der Waals surface area contributed by atoms with Crippen molar-refractivity contribution in [2.24, 2.45) is 23.2 Å². The summed E-state index contributed by atoms with van der Waals surface area (Å²) in [7, 11) is 0. The number of nitriles is 1. The minimum Gasteiger partial charge on any atom is -0.462 e. The Morgan fingerprint density at radius 2 is 2.22 bits per heavy atom. The van der Waals surface area contributed by atoms with Crippen LogP contribution in [-0.4, -0.2) is 12.6 Å². The smallest absolute Gasteiger partial charge is 0.348 e. The Labute approximate surface area is 109 Å². The van der Waals surface area contributed by atoms with E-state index in [-0.39, 0.29) is 11.0 Å². The van der Waals surface area contributed by atoms with Crippen molar-refractivity contribution in [3.8, 4) is 6.07 Å². The molecule has 18 heavy (non-hydrogen) atoms. The molecule has 98 valence electrons. The molecule has 0 aliphatic heterocycles. The van der Waals surface area contributed by atoms with Gasteiger partial charge in [0.2, 0.25) is 0 Å². The highest BCUT2D eigenvalue weighted by Crippen LogP contribution is 2.59. The number of hydrogen-bond acceptors (Lipinski definition) is 3. The number of allylic oxidation sites excluding steroid dienone is 1. The van der Waals surface area contributed by atoms with Crippen molar-refractivity contribution < 1.29 is 9.53 Å². The molecule has 0 aromatic heterocycles. The highest BCUT2D eigenvalue weighted by Gasteiger charge is 2.51. The molecular formula is C15H21NO2. The van der Waals surface area contributed by atoms with Crippen LogP contribution in [0.5, 0.6) is 0 Å². The SMILES string of the molecule is CCOC(=O)/C(C#N)=C/C1C2CCC(C2)C1(C)C. The Hall–Kier alpha value is -1.30. The molecule has 0 aromatic rings. The predicted molar refractivity (Wildman–Crippen MR) is 68.4 cm³/mol. The first-order valence-corrected chi connectivity index (χ1v) is 6.79. The largest absolute Gasteiger partial charge is 0.462 e. The highest BCUT2D eigenvalue weighted by molar-refractivity contribution is 5.92. The van der Waals surface area contributed by atoms with Gasteiger partial charge in [0, 0.05) is 0 Å². The molecular weight excluding hydrogens is 226 g/mol. The van der Waals surface area contributed by atoms with E-state index in [2.05, 4.69) is 13.8 Å². The van der Waals surface area contributed by atoms with E-state index >= 15 is 0 Å². The predicted octanol–water partition coefficient (Wildman–Crippen LogP) is 3.07. The average Bonchev–Trinajstić information content (AvgIpc) is 2.86. The summed E-state index contributed by atoms with van der Waals surface area (Å²) in [5.74, 6) is 1.25. The topological polar surface area (TPSA) is 50.1 Å². The summed E-state index contributed by atoms with van der Waals surface area (Å²) in [6.07, 6.45) is 5.65. The standard InChI is InChI=1S/C15H21NO2/c1-4-18-14(17)11(9-16)8-13-10-5-6-12(7-10)15(13,2)3/h8,10,12-13H,4-7H2,1-3H3/b11-8+. The summed E-state index contributed by atoms with van der Waals surface area (Å²) in [6.45, 7) is 6.60. The number of hydrogen-bond donors (Lipinski definition) is 0.